The van der Waals surface area contributed by atoms with Gasteiger partial charge in [0.2, 0.25) is 0 Å². The third kappa shape index (κ3) is 3.21. The molecule has 3 aromatic rings. The van der Waals surface area contributed by atoms with Crippen molar-refractivity contribution in [2.24, 2.45) is 0 Å². The second-order valence-corrected chi connectivity index (χ2v) is 5.99. The molecule has 0 saturated heterocycles. The lowest BCUT2D eigenvalue weighted by molar-refractivity contribution is 0.102. The summed E-state index contributed by atoms with van der Waals surface area (Å²) in [6.45, 7) is 3.44. The van der Waals surface area contributed by atoms with E-state index in [-0.39, 0.29) is 11.6 Å². The molecule has 126 valence electrons. The van der Waals surface area contributed by atoms with Crippen molar-refractivity contribution in [2.45, 2.75) is 19.9 Å². The number of carbonyl (C=O) groups excluding carboxylic acids is 1. The van der Waals surface area contributed by atoms with Gasteiger partial charge in [-0.15, -0.1) is 10.2 Å². The third-order valence-corrected chi connectivity index (χ3v) is 4.21. The Morgan fingerprint density at radius 3 is 2.72 bits per heavy atom. The molecular weight excluding hydrogens is 318 g/mol. The Morgan fingerprint density at radius 1 is 1.16 bits per heavy atom. The molecule has 0 bridgehead atoms. The number of hydrogen-bond donors (Lipinski definition) is 1. The number of aryl methyl sites for hydroxylation is 1. The van der Waals surface area contributed by atoms with Crippen LogP contribution in [0.15, 0.2) is 47.0 Å². The highest BCUT2D eigenvalue weighted by atomic mass is 16.5. The van der Waals surface area contributed by atoms with E-state index in [1.165, 1.54) is 11.1 Å². The zero-order chi connectivity index (χ0) is 17.2. The molecule has 4 rings (SSSR count). The Kier molecular flexibility index (Phi) is 3.89. The number of hydrogen-bond acceptors (Lipinski definition) is 6. The van der Waals surface area contributed by atoms with E-state index in [4.69, 9.17) is 4.52 Å². The van der Waals surface area contributed by atoms with Gasteiger partial charge in [-0.25, -0.2) is 0 Å². The molecule has 1 N–H and O–H groups in total. The van der Waals surface area contributed by atoms with Crippen LogP contribution in [0.2, 0.25) is 0 Å². The van der Waals surface area contributed by atoms with E-state index in [0.29, 0.717) is 11.6 Å². The fraction of sp³-hybridized carbons (Fsp3) is 0.222. The molecule has 0 aliphatic carbocycles. The van der Waals surface area contributed by atoms with Crippen LogP contribution in [-0.2, 0) is 13.0 Å². The average Bonchev–Trinajstić information content (AvgIpc) is 3.06. The molecule has 25 heavy (non-hydrogen) atoms. The smallest absolute Gasteiger partial charge is 0.277 e. The van der Waals surface area contributed by atoms with Gasteiger partial charge >= 0.3 is 0 Å². The minimum absolute atomic E-state index is 0.238. The summed E-state index contributed by atoms with van der Waals surface area (Å²) in [5, 5.41) is 14.6. The van der Waals surface area contributed by atoms with Gasteiger partial charge in [-0.2, -0.15) is 0 Å². The number of rotatable bonds is 3. The highest BCUT2D eigenvalue weighted by Crippen LogP contribution is 2.22. The maximum absolute atomic E-state index is 12.2. The first-order valence-corrected chi connectivity index (χ1v) is 8.09. The maximum atomic E-state index is 12.2. The van der Waals surface area contributed by atoms with Gasteiger partial charge in [-0.3, -0.25) is 4.79 Å². The van der Waals surface area contributed by atoms with Gasteiger partial charge in [0.25, 0.3) is 5.91 Å². The fourth-order valence-corrected chi connectivity index (χ4v) is 2.91. The third-order valence-electron chi connectivity index (χ3n) is 4.21. The van der Waals surface area contributed by atoms with Crippen LogP contribution in [0.1, 0.15) is 27.4 Å². The van der Waals surface area contributed by atoms with E-state index in [2.05, 4.69) is 43.8 Å². The molecule has 0 radical (unpaired) electrons. The Morgan fingerprint density at radius 2 is 2.00 bits per heavy atom. The second kappa shape index (κ2) is 6.35. The minimum atomic E-state index is -0.365. The first kappa shape index (κ1) is 15.3. The van der Waals surface area contributed by atoms with E-state index in [1.54, 1.807) is 19.1 Å². The van der Waals surface area contributed by atoms with Crippen molar-refractivity contribution in [3.8, 4) is 0 Å². The van der Waals surface area contributed by atoms with Gasteiger partial charge < -0.3 is 14.7 Å². The summed E-state index contributed by atoms with van der Waals surface area (Å²) in [5.41, 5.74) is 2.92. The van der Waals surface area contributed by atoms with Crippen LogP contribution in [0.25, 0.3) is 0 Å². The van der Waals surface area contributed by atoms with E-state index in [1.807, 2.05) is 12.1 Å². The number of benzene rings is 1. The van der Waals surface area contributed by atoms with Gasteiger partial charge in [-0.05, 0) is 36.6 Å². The van der Waals surface area contributed by atoms with Crippen molar-refractivity contribution in [1.29, 1.82) is 0 Å². The highest BCUT2D eigenvalue weighted by Gasteiger charge is 2.18. The van der Waals surface area contributed by atoms with Crippen molar-refractivity contribution in [3.05, 3.63) is 65.0 Å². The summed E-state index contributed by atoms with van der Waals surface area (Å²) in [6, 6.07) is 13.6. The normalized spacial score (nSPS) is 13.4. The molecule has 0 atom stereocenters. The summed E-state index contributed by atoms with van der Waals surface area (Å²) < 4.78 is 4.92. The zero-order valence-electron chi connectivity index (χ0n) is 13.8. The lowest BCUT2D eigenvalue weighted by atomic mass is 10.00. The summed E-state index contributed by atoms with van der Waals surface area (Å²) in [6.07, 6.45) is 0.978. The molecular formula is C18H17N5O2. The van der Waals surface area contributed by atoms with Crippen LogP contribution >= 0.6 is 0 Å². The molecule has 7 heteroatoms. The van der Waals surface area contributed by atoms with Gasteiger partial charge in [-0.1, -0.05) is 29.4 Å². The molecule has 0 saturated carbocycles. The van der Waals surface area contributed by atoms with E-state index < -0.39 is 0 Å². The van der Waals surface area contributed by atoms with Crippen molar-refractivity contribution in [2.75, 3.05) is 16.8 Å². The van der Waals surface area contributed by atoms with Crippen molar-refractivity contribution < 1.29 is 9.32 Å². The lowest BCUT2D eigenvalue weighted by Crippen LogP contribution is -2.31. The number of anilines is 2. The SMILES string of the molecule is Cc1cc(NC(=O)c2ccc(N3CCc4ccccc4C3)nn2)no1. The van der Waals surface area contributed by atoms with Gasteiger partial charge in [0.1, 0.15) is 5.76 Å². The standard InChI is InChI=1S/C18H17N5O2/c1-12-10-16(22-25-12)19-18(24)15-6-7-17(21-20-15)23-9-8-13-4-2-3-5-14(13)11-23/h2-7,10H,8-9,11H2,1H3,(H,19,22,24). The predicted molar refractivity (Wildman–Crippen MR) is 92.4 cm³/mol. The van der Waals surface area contributed by atoms with Crippen LogP contribution in [0.5, 0.6) is 0 Å². The highest BCUT2D eigenvalue weighted by molar-refractivity contribution is 6.02. The number of amides is 1. The largest absolute Gasteiger partial charge is 0.360 e. The van der Waals surface area contributed by atoms with Crippen molar-refractivity contribution in [3.63, 3.8) is 0 Å². The van der Waals surface area contributed by atoms with Crippen LogP contribution in [0.3, 0.4) is 0 Å². The molecule has 1 aromatic carbocycles. The number of carbonyl (C=O) groups is 1. The number of nitrogens with one attached hydrogen (secondary N) is 1. The Labute approximate surface area is 144 Å². The Bertz CT molecular complexity index is 904. The van der Waals surface area contributed by atoms with Gasteiger partial charge in [0.05, 0.1) is 0 Å². The predicted octanol–water partition coefficient (Wildman–Crippen LogP) is 2.59. The average molecular weight is 335 g/mol. The first-order chi connectivity index (χ1) is 12.2. The molecule has 1 aliphatic rings. The maximum Gasteiger partial charge on any atom is 0.277 e. The van der Waals surface area contributed by atoms with Gasteiger partial charge in [0.15, 0.2) is 17.3 Å². The number of aromatic nitrogens is 3. The fourth-order valence-electron chi connectivity index (χ4n) is 2.91. The molecule has 2 aromatic heterocycles. The van der Waals surface area contributed by atoms with Crippen LogP contribution in [0, 0.1) is 6.92 Å². The monoisotopic (exact) mass is 335 g/mol. The summed E-state index contributed by atoms with van der Waals surface area (Å²) >= 11 is 0. The molecule has 1 aliphatic heterocycles. The molecule has 7 nitrogen and oxygen atoms in total. The van der Waals surface area contributed by atoms with Crippen LogP contribution < -0.4 is 10.2 Å². The van der Waals surface area contributed by atoms with Crippen molar-refractivity contribution in [1.82, 2.24) is 15.4 Å². The molecule has 0 unspecified atom stereocenters. The number of fused-ring (bicyclic) bond motifs is 1. The van der Waals surface area contributed by atoms with E-state index in [0.717, 1.165) is 25.3 Å². The molecule has 0 fully saturated rings. The first-order valence-electron chi connectivity index (χ1n) is 8.09. The quantitative estimate of drug-likeness (QED) is 0.792. The Balaban J connectivity index is 1.46. The topological polar surface area (TPSA) is 84.2 Å². The van der Waals surface area contributed by atoms with Crippen LogP contribution in [-0.4, -0.2) is 27.8 Å². The second-order valence-electron chi connectivity index (χ2n) is 5.99. The Hall–Kier alpha value is -3.22. The lowest BCUT2D eigenvalue weighted by Gasteiger charge is -2.29. The number of nitrogens with zero attached hydrogens (tertiary/aromatic N) is 4. The summed E-state index contributed by atoms with van der Waals surface area (Å²) in [4.78, 5) is 14.3. The van der Waals surface area contributed by atoms with Gasteiger partial charge in [0, 0.05) is 19.2 Å². The molecule has 3 heterocycles. The van der Waals surface area contributed by atoms with Crippen molar-refractivity contribution >= 4 is 17.5 Å². The molecule has 0 spiro atoms. The zero-order valence-corrected chi connectivity index (χ0v) is 13.8. The van der Waals surface area contributed by atoms with E-state index >= 15 is 0 Å². The summed E-state index contributed by atoms with van der Waals surface area (Å²) in [5.74, 6) is 1.39. The van der Waals surface area contributed by atoms with Crippen LogP contribution in [0.4, 0.5) is 11.6 Å². The van der Waals surface area contributed by atoms with E-state index in [9.17, 15) is 4.79 Å². The molecule has 1 amide bonds. The summed E-state index contributed by atoms with van der Waals surface area (Å²) in [7, 11) is 0. The minimum Gasteiger partial charge on any atom is -0.360 e.